The Morgan fingerprint density at radius 1 is 1.45 bits per heavy atom. The summed E-state index contributed by atoms with van der Waals surface area (Å²) in [6, 6.07) is 6.68. The van der Waals surface area contributed by atoms with Crippen LogP contribution in [0.1, 0.15) is 49.9 Å². The molecule has 4 heteroatoms. The number of Topliss-reactive ketones (excluding diaryl/α,β-unsaturated/α-hetero) is 1. The molecule has 2 nitrogen and oxygen atoms in total. The van der Waals surface area contributed by atoms with Crippen LogP contribution in [0.4, 0.5) is 0 Å². The Kier molecular flexibility index (Phi) is 5.65. The molecule has 1 aromatic rings. The van der Waals surface area contributed by atoms with Gasteiger partial charge in [-0.1, -0.05) is 34.5 Å². The topological polar surface area (TPSA) is 20.3 Å². The lowest BCUT2D eigenvalue weighted by molar-refractivity contribution is 0.0949. The number of carbonyl (C=O) groups is 1. The first-order valence-corrected chi connectivity index (χ1v) is 8.44. The quantitative estimate of drug-likeness (QED) is 0.695. The van der Waals surface area contributed by atoms with E-state index in [4.69, 9.17) is 11.6 Å². The predicted molar refractivity (Wildman–Crippen MR) is 87.6 cm³/mol. The highest BCUT2D eigenvalue weighted by atomic mass is 79.9. The van der Waals surface area contributed by atoms with Crippen LogP contribution in [0, 0.1) is 0 Å². The fourth-order valence-corrected chi connectivity index (χ4v) is 3.83. The molecular weight excluding hydrogens is 338 g/mol. The van der Waals surface area contributed by atoms with Crippen molar-refractivity contribution in [2.45, 2.75) is 51.6 Å². The van der Waals surface area contributed by atoms with E-state index < -0.39 is 0 Å². The zero-order valence-corrected chi connectivity index (χ0v) is 14.4. The van der Waals surface area contributed by atoms with Crippen molar-refractivity contribution >= 4 is 33.3 Å². The Hall–Kier alpha value is -0.380. The van der Waals surface area contributed by atoms with Crippen molar-refractivity contribution in [2.75, 3.05) is 6.54 Å². The second-order valence-electron chi connectivity index (χ2n) is 5.52. The molecule has 0 aliphatic carbocycles. The summed E-state index contributed by atoms with van der Waals surface area (Å²) in [4.78, 5) is 14.8. The molecule has 1 fully saturated rings. The van der Waals surface area contributed by atoms with Crippen molar-refractivity contribution in [3.63, 3.8) is 0 Å². The van der Waals surface area contributed by atoms with Crippen molar-refractivity contribution in [3.8, 4) is 0 Å². The molecule has 0 amide bonds. The van der Waals surface area contributed by atoms with Crippen LogP contribution in [-0.4, -0.2) is 29.3 Å². The van der Waals surface area contributed by atoms with Gasteiger partial charge in [-0.25, -0.2) is 0 Å². The molecular formula is C16H21BrClNO. The van der Waals surface area contributed by atoms with Gasteiger partial charge in [-0.15, -0.1) is 0 Å². The Balaban J connectivity index is 1.98. The average Bonchev–Trinajstić information content (AvgIpc) is 2.76. The lowest BCUT2D eigenvalue weighted by Gasteiger charge is -2.27. The highest BCUT2D eigenvalue weighted by Gasteiger charge is 2.29. The second-order valence-corrected chi connectivity index (χ2v) is 6.85. The van der Waals surface area contributed by atoms with Gasteiger partial charge < -0.3 is 0 Å². The standard InChI is InChI=1S/C16H21BrClNO/c1-3-13-6-4-11(2)19(13)9-8-16(20)14-7-5-12(17)10-15(14)18/h5,7,10-11,13H,3-4,6,8-9H2,1-2H3. The van der Waals surface area contributed by atoms with Crippen LogP contribution in [0.3, 0.4) is 0 Å². The molecule has 0 N–H and O–H groups in total. The van der Waals surface area contributed by atoms with Gasteiger partial charge in [-0.2, -0.15) is 0 Å². The SMILES string of the molecule is CCC1CCC(C)N1CCC(=O)c1ccc(Br)cc1Cl. The first-order chi connectivity index (χ1) is 9.52. The Morgan fingerprint density at radius 2 is 2.20 bits per heavy atom. The Labute approximate surface area is 134 Å². The third kappa shape index (κ3) is 3.63. The highest BCUT2D eigenvalue weighted by Crippen LogP contribution is 2.27. The predicted octanol–water partition coefficient (Wildman–Crippen LogP) is 4.94. The number of halogens is 2. The van der Waals surface area contributed by atoms with Crippen LogP contribution in [0.2, 0.25) is 5.02 Å². The van der Waals surface area contributed by atoms with E-state index in [-0.39, 0.29) is 5.78 Å². The number of nitrogens with zero attached hydrogens (tertiary/aromatic N) is 1. The van der Waals surface area contributed by atoms with Gasteiger partial charge in [-0.05, 0) is 44.4 Å². The molecule has 1 aliphatic heterocycles. The molecule has 20 heavy (non-hydrogen) atoms. The molecule has 2 unspecified atom stereocenters. The monoisotopic (exact) mass is 357 g/mol. The van der Waals surface area contributed by atoms with Crippen molar-refractivity contribution in [1.29, 1.82) is 0 Å². The Morgan fingerprint density at radius 3 is 2.85 bits per heavy atom. The maximum Gasteiger partial charge on any atom is 0.165 e. The van der Waals surface area contributed by atoms with Gasteiger partial charge in [0.1, 0.15) is 0 Å². The average molecular weight is 359 g/mol. The van der Waals surface area contributed by atoms with Crippen molar-refractivity contribution in [1.82, 2.24) is 4.90 Å². The van der Waals surface area contributed by atoms with E-state index in [1.165, 1.54) is 12.8 Å². The molecule has 2 atom stereocenters. The van der Waals surface area contributed by atoms with E-state index in [1.54, 1.807) is 12.1 Å². The minimum atomic E-state index is 0.136. The molecule has 1 heterocycles. The fourth-order valence-electron chi connectivity index (χ4n) is 3.05. The number of benzene rings is 1. The first-order valence-electron chi connectivity index (χ1n) is 7.27. The summed E-state index contributed by atoms with van der Waals surface area (Å²) in [5.74, 6) is 0.136. The lowest BCUT2D eigenvalue weighted by atomic mass is 10.1. The van der Waals surface area contributed by atoms with Gasteiger partial charge in [0.25, 0.3) is 0 Å². The largest absolute Gasteiger partial charge is 0.297 e. The molecule has 1 aromatic carbocycles. The summed E-state index contributed by atoms with van der Waals surface area (Å²) in [5, 5.41) is 0.533. The molecule has 0 aromatic heterocycles. The van der Waals surface area contributed by atoms with Gasteiger partial charge in [0.15, 0.2) is 5.78 Å². The number of likely N-dealkylation sites (tertiary alicyclic amines) is 1. The smallest absolute Gasteiger partial charge is 0.165 e. The Bertz CT molecular complexity index is 491. The molecule has 2 rings (SSSR count). The maximum atomic E-state index is 12.3. The second kappa shape index (κ2) is 7.06. The van der Waals surface area contributed by atoms with Crippen LogP contribution in [0.5, 0.6) is 0 Å². The zero-order chi connectivity index (χ0) is 14.7. The third-order valence-corrected chi connectivity index (χ3v) is 5.06. The summed E-state index contributed by atoms with van der Waals surface area (Å²) in [5.41, 5.74) is 0.634. The van der Waals surface area contributed by atoms with E-state index >= 15 is 0 Å². The normalized spacial score (nSPS) is 23.2. The minimum Gasteiger partial charge on any atom is -0.297 e. The van der Waals surface area contributed by atoms with E-state index in [2.05, 4.69) is 34.7 Å². The number of ketones is 1. The molecule has 1 aliphatic rings. The van der Waals surface area contributed by atoms with Gasteiger partial charge in [0.2, 0.25) is 0 Å². The summed E-state index contributed by atoms with van der Waals surface area (Å²) < 4.78 is 0.901. The number of carbonyl (C=O) groups excluding carboxylic acids is 1. The van der Waals surface area contributed by atoms with E-state index in [0.29, 0.717) is 29.1 Å². The van der Waals surface area contributed by atoms with Crippen LogP contribution in [0.15, 0.2) is 22.7 Å². The third-order valence-electron chi connectivity index (χ3n) is 4.25. The fraction of sp³-hybridized carbons (Fsp3) is 0.562. The first kappa shape index (κ1) is 16.0. The van der Waals surface area contributed by atoms with Crippen molar-refractivity contribution < 1.29 is 4.79 Å². The number of hydrogen-bond acceptors (Lipinski definition) is 2. The van der Waals surface area contributed by atoms with Gasteiger partial charge in [0.05, 0.1) is 5.02 Å². The van der Waals surface area contributed by atoms with E-state index in [0.717, 1.165) is 17.4 Å². The molecule has 110 valence electrons. The summed E-state index contributed by atoms with van der Waals surface area (Å²) in [7, 11) is 0. The summed E-state index contributed by atoms with van der Waals surface area (Å²) in [6.07, 6.45) is 4.20. The van der Waals surface area contributed by atoms with Crippen LogP contribution < -0.4 is 0 Å². The van der Waals surface area contributed by atoms with Crippen LogP contribution in [0.25, 0.3) is 0 Å². The van der Waals surface area contributed by atoms with E-state index in [9.17, 15) is 4.79 Å². The molecule has 0 radical (unpaired) electrons. The molecule has 0 bridgehead atoms. The molecule has 1 saturated heterocycles. The number of hydrogen-bond donors (Lipinski definition) is 0. The van der Waals surface area contributed by atoms with Gasteiger partial charge in [0, 0.05) is 35.1 Å². The highest BCUT2D eigenvalue weighted by molar-refractivity contribution is 9.10. The van der Waals surface area contributed by atoms with Crippen molar-refractivity contribution in [2.24, 2.45) is 0 Å². The maximum absolute atomic E-state index is 12.3. The molecule has 0 saturated carbocycles. The lowest BCUT2D eigenvalue weighted by Crippen LogP contribution is -2.35. The van der Waals surface area contributed by atoms with Crippen LogP contribution >= 0.6 is 27.5 Å². The van der Waals surface area contributed by atoms with Gasteiger partial charge >= 0.3 is 0 Å². The van der Waals surface area contributed by atoms with Gasteiger partial charge in [-0.3, -0.25) is 9.69 Å². The number of rotatable bonds is 5. The molecule has 0 spiro atoms. The minimum absolute atomic E-state index is 0.136. The summed E-state index contributed by atoms with van der Waals surface area (Å²) in [6.45, 7) is 5.32. The summed E-state index contributed by atoms with van der Waals surface area (Å²) >= 11 is 9.50. The zero-order valence-electron chi connectivity index (χ0n) is 12.0. The van der Waals surface area contributed by atoms with Crippen LogP contribution in [-0.2, 0) is 0 Å². The van der Waals surface area contributed by atoms with E-state index in [1.807, 2.05) is 6.07 Å². The van der Waals surface area contributed by atoms with Crippen molar-refractivity contribution in [3.05, 3.63) is 33.3 Å².